The van der Waals surface area contributed by atoms with E-state index in [1.807, 2.05) is 24.3 Å². The van der Waals surface area contributed by atoms with Crippen LogP contribution in [0.25, 0.3) is 11.3 Å². The Labute approximate surface area is 113 Å². The van der Waals surface area contributed by atoms with E-state index < -0.39 is 6.09 Å². The number of nitrogens with zero attached hydrogens (tertiary/aromatic N) is 2. The number of hydrogen-bond acceptors (Lipinski definition) is 2. The van der Waals surface area contributed by atoms with Crippen LogP contribution in [0.15, 0.2) is 34.9 Å². The molecule has 18 heavy (non-hydrogen) atoms. The van der Waals surface area contributed by atoms with E-state index in [1.54, 1.807) is 6.20 Å². The van der Waals surface area contributed by atoms with E-state index in [2.05, 4.69) is 25.9 Å². The second-order valence-corrected chi connectivity index (χ2v) is 4.79. The molecule has 2 N–H and O–H groups in total. The predicted octanol–water partition coefficient (Wildman–Crippen LogP) is 2.95. The summed E-state index contributed by atoms with van der Waals surface area (Å²) in [4.78, 5) is 19.2. The van der Waals surface area contributed by atoms with Gasteiger partial charge < -0.3 is 15.0 Å². The molecule has 0 saturated heterocycles. The molecule has 0 radical (unpaired) electrons. The zero-order chi connectivity index (χ0) is 13.1. The van der Waals surface area contributed by atoms with Crippen molar-refractivity contribution in [3.63, 3.8) is 0 Å². The van der Waals surface area contributed by atoms with Crippen LogP contribution in [0.5, 0.6) is 0 Å². The molecule has 0 atom stereocenters. The van der Waals surface area contributed by atoms with Crippen molar-refractivity contribution in [2.45, 2.75) is 6.54 Å². The maximum absolute atomic E-state index is 10.7. The topological polar surface area (TPSA) is 69.2 Å². The summed E-state index contributed by atoms with van der Waals surface area (Å²) in [5, 5.41) is 8.78. The fraction of sp³-hybridized carbons (Fsp3) is 0.167. The Morgan fingerprint density at radius 2 is 2.11 bits per heavy atom. The van der Waals surface area contributed by atoms with Gasteiger partial charge >= 0.3 is 6.09 Å². The molecule has 6 heteroatoms. The second-order valence-electron chi connectivity index (χ2n) is 3.88. The smallest absolute Gasteiger partial charge is 0.407 e. The number of amides is 1. The molecule has 94 valence electrons. The largest absolute Gasteiger partial charge is 0.465 e. The van der Waals surface area contributed by atoms with Crippen molar-refractivity contribution in [3.05, 3.63) is 40.8 Å². The first kappa shape index (κ1) is 12.6. The summed E-state index contributed by atoms with van der Waals surface area (Å²) in [6.45, 7) is 0.242. The lowest BCUT2D eigenvalue weighted by atomic mass is 10.2. The SMILES string of the molecule is CN(Cc1nc(-c2ccc(Br)cc2)c[nH]1)C(=O)O. The van der Waals surface area contributed by atoms with Gasteiger partial charge in [0.15, 0.2) is 0 Å². The van der Waals surface area contributed by atoms with Crippen LogP contribution in [-0.2, 0) is 6.54 Å². The average molecular weight is 310 g/mol. The van der Waals surface area contributed by atoms with E-state index in [-0.39, 0.29) is 6.54 Å². The number of hydrogen-bond donors (Lipinski definition) is 2. The van der Waals surface area contributed by atoms with Crippen LogP contribution in [0.3, 0.4) is 0 Å². The number of rotatable bonds is 3. The lowest BCUT2D eigenvalue weighted by Gasteiger charge is -2.09. The van der Waals surface area contributed by atoms with Crippen molar-refractivity contribution in [2.75, 3.05) is 7.05 Å². The zero-order valence-electron chi connectivity index (χ0n) is 9.72. The third kappa shape index (κ3) is 2.89. The number of nitrogens with one attached hydrogen (secondary N) is 1. The normalized spacial score (nSPS) is 10.3. The highest BCUT2D eigenvalue weighted by atomic mass is 79.9. The number of aromatic nitrogens is 2. The molecule has 1 heterocycles. The standard InChI is InChI=1S/C12H12BrN3O2/c1-16(12(17)18)7-11-14-6-10(15-11)8-2-4-9(13)5-3-8/h2-6H,7H2,1H3,(H,14,15)(H,17,18). The Morgan fingerprint density at radius 3 is 2.72 bits per heavy atom. The van der Waals surface area contributed by atoms with Gasteiger partial charge in [0.25, 0.3) is 0 Å². The summed E-state index contributed by atoms with van der Waals surface area (Å²) in [5.74, 6) is 0.623. The van der Waals surface area contributed by atoms with Gasteiger partial charge in [-0.2, -0.15) is 0 Å². The number of halogens is 1. The van der Waals surface area contributed by atoms with Gasteiger partial charge in [-0.1, -0.05) is 28.1 Å². The number of carbonyl (C=O) groups is 1. The molecule has 0 aliphatic heterocycles. The van der Waals surface area contributed by atoms with Gasteiger partial charge in [0.05, 0.1) is 12.2 Å². The molecule has 0 aliphatic rings. The van der Waals surface area contributed by atoms with Crippen LogP contribution in [0.1, 0.15) is 5.82 Å². The molecule has 0 unspecified atom stereocenters. The Morgan fingerprint density at radius 1 is 1.44 bits per heavy atom. The average Bonchev–Trinajstić information content (AvgIpc) is 2.78. The fourth-order valence-electron chi connectivity index (χ4n) is 1.50. The van der Waals surface area contributed by atoms with Crippen LogP contribution >= 0.6 is 15.9 Å². The van der Waals surface area contributed by atoms with E-state index in [4.69, 9.17) is 5.11 Å². The van der Waals surface area contributed by atoms with Gasteiger partial charge in [-0.05, 0) is 12.1 Å². The lowest BCUT2D eigenvalue weighted by molar-refractivity contribution is 0.153. The number of H-pyrrole nitrogens is 1. The molecule has 1 aromatic carbocycles. The van der Waals surface area contributed by atoms with Crippen molar-refractivity contribution in [1.82, 2.24) is 14.9 Å². The molecule has 5 nitrogen and oxygen atoms in total. The first-order valence-corrected chi connectivity index (χ1v) is 6.10. The van der Waals surface area contributed by atoms with Gasteiger partial charge in [0, 0.05) is 23.3 Å². The molecular weight excluding hydrogens is 298 g/mol. The maximum Gasteiger partial charge on any atom is 0.407 e. The molecule has 0 aliphatic carbocycles. The summed E-state index contributed by atoms with van der Waals surface area (Å²) in [5.41, 5.74) is 1.79. The minimum Gasteiger partial charge on any atom is -0.465 e. The van der Waals surface area contributed by atoms with Crippen LogP contribution < -0.4 is 0 Å². The molecule has 0 fully saturated rings. The second kappa shape index (κ2) is 5.22. The number of benzene rings is 1. The summed E-state index contributed by atoms with van der Waals surface area (Å²) in [7, 11) is 1.50. The Balaban J connectivity index is 2.15. The quantitative estimate of drug-likeness (QED) is 0.916. The summed E-state index contributed by atoms with van der Waals surface area (Å²) in [6, 6.07) is 7.77. The lowest BCUT2D eigenvalue weighted by Crippen LogP contribution is -2.24. The summed E-state index contributed by atoms with van der Waals surface area (Å²) >= 11 is 3.37. The highest BCUT2D eigenvalue weighted by Crippen LogP contribution is 2.20. The van der Waals surface area contributed by atoms with Crippen LogP contribution in [0, 0.1) is 0 Å². The summed E-state index contributed by atoms with van der Waals surface area (Å²) in [6.07, 6.45) is 0.797. The van der Waals surface area contributed by atoms with E-state index >= 15 is 0 Å². The van der Waals surface area contributed by atoms with E-state index in [0.717, 1.165) is 15.7 Å². The van der Waals surface area contributed by atoms with Gasteiger partial charge in [-0.15, -0.1) is 0 Å². The third-order valence-corrected chi connectivity index (χ3v) is 3.01. The molecule has 2 rings (SSSR count). The highest BCUT2D eigenvalue weighted by Gasteiger charge is 2.09. The van der Waals surface area contributed by atoms with Gasteiger partial charge in [-0.3, -0.25) is 0 Å². The van der Waals surface area contributed by atoms with Gasteiger partial charge in [0.1, 0.15) is 5.82 Å². The van der Waals surface area contributed by atoms with Crippen LogP contribution in [0.2, 0.25) is 0 Å². The van der Waals surface area contributed by atoms with Crippen molar-refractivity contribution < 1.29 is 9.90 Å². The van der Waals surface area contributed by atoms with E-state index in [9.17, 15) is 4.79 Å². The Hall–Kier alpha value is -1.82. The third-order valence-electron chi connectivity index (χ3n) is 2.48. The minimum absolute atomic E-state index is 0.242. The van der Waals surface area contributed by atoms with Gasteiger partial charge in [0.2, 0.25) is 0 Å². The van der Waals surface area contributed by atoms with Crippen molar-refractivity contribution in [2.24, 2.45) is 0 Å². The van der Waals surface area contributed by atoms with Crippen molar-refractivity contribution in [1.29, 1.82) is 0 Å². The fourth-order valence-corrected chi connectivity index (χ4v) is 1.77. The number of imidazole rings is 1. The Kier molecular flexibility index (Phi) is 3.66. The predicted molar refractivity (Wildman–Crippen MR) is 71.2 cm³/mol. The zero-order valence-corrected chi connectivity index (χ0v) is 11.3. The molecule has 1 aromatic heterocycles. The molecule has 2 aromatic rings. The molecular formula is C12H12BrN3O2. The first-order chi connectivity index (χ1) is 8.56. The molecule has 1 amide bonds. The van der Waals surface area contributed by atoms with Crippen molar-refractivity contribution >= 4 is 22.0 Å². The van der Waals surface area contributed by atoms with Crippen LogP contribution in [-0.4, -0.2) is 33.1 Å². The molecule has 0 saturated carbocycles. The van der Waals surface area contributed by atoms with Crippen LogP contribution in [0.4, 0.5) is 4.79 Å². The highest BCUT2D eigenvalue weighted by molar-refractivity contribution is 9.10. The Bertz CT molecular complexity index is 551. The maximum atomic E-state index is 10.7. The van der Waals surface area contributed by atoms with Crippen molar-refractivity contribution in [3.8, 4) is 11.3 Å². The van der Waals surface area contributed by atoms with Gasteiger partial charge in [-0.25, -0.2) is 9.78 Å². The molecule has 0 bridgehead atoms. The summed E-state index contributed by atoms with van der Waals surface area (Å²) < 4.78 is 1.01. The number of aromatic amines is 1. The number of carboxylic acid groups (broad SMARTS) is 1. The minimum atomic E-state index is -0.975. The van der Waals surface area contributed by atoms with E-state index in [0.29, 0.717) is 5.82 Å². The monoisotopic (exact) mass is 309 g/mol. The first-order valence-electron chi connectivity index (χ1n) is 5.30. The van der Waals surface area contributed by atoms with E-state index in [1.165, 1.54) is 11.9 Å². The molecule has 0 spiro atoms.